The fraction of sp³-hybridized carbons (Fsp3) is 0.769. The smallest absolute Gasteiger partial charge is 0.195 e. The van der Waals surface area contributed by atoms with Crippen molar-refractivity contribution in [3.8, 4) is 0 Å². The van der Waals surface area contributed by atoms with Gasteiger partial charge in [0.15, 0.2) is 5.89 Å². The number of hydrogen-bond donors (Lipinski definition) is 1. The summed E-state index contributed by atoms with van der Waals surface area (Å²) in [5, 5.41) is 3.41. The summed E-state index contributed by atoms with van der Waals surface area (Å²) in [6.07, 6.45) is 4.53. The number of ether oxygens (including phenoxy) is 1. The van der Waals surface area contributed by atoms with Crippen LogP contribution in [-0.4, -0.2) is 30.8 Å². The van der Waals surface area contributed by atoms with Crippen LogP contribution in [0.4, 0.5) is 0 Å². The average molecular weight is 240 g/mol. The Morgan fingerprint density at radius 2 is 2.12 bits per heavy atom. The lowest BCUT2D eigenvalue weighted by Gasteiger charge is -2.19. The predicted octanol–water partition coefficient (Wildman–Crippen LogP) is 2.18. The van der Waals surface area contributed by atoms with E-state index in [9.17, 15) is 0 Å². The molecule has 0 unspecified atom stereocenters. The van der Waals surface area contributed by atoms with Crippen LogP contribution < -0.4 is 5.32 Å². The van der Waals surface area contributed by atoms with E-state index >= 15 is 0 Å². The minimum absolute atomic E-state index is 0.147. The number of aryl methyl sites for hydroxylation is 1. The van der Waals surface area contributed by atoms with Crippen molar-refractivity contribution in [1.29, 1.82) is 0 Å². The summed E-state index contributed by atoms with van der Waals surface area (Å²) in [7, 11) is 1.71. The zero-order chi connectivity index (χ0) is 12.7. The van der Waals surface area contributed by atoms with Crippen molar-refractivity contribution in [2.45, 2.75) is 45.6 Å². The van der Waals surface area contributed by atoms with E-state index < -0.39 is 0 Å². The molecule has 1 aromatic heterocycles. The van der Waals surface area contributed by atoms with Gasteiger partial charge in [0.05, 0.1) is 6.20 Å². The molecule has 0 bridgehead atoms. The zero-order valence-electron chi connectivity index (χ0n) is 11.4. The average Bonchev–Trinajstić information content (AvgIpc) is 2.64. The van der Waals surface area contributed by atoms with Gasteiger partial charge in [0.25, 0.3) is 0 Å². The Labute approximate surface area is 104 Å². The molecule has 4 heteroatoms. The first-order valence-electron chi connectivity index (χ1n) is 6.19. The molecule has 0 aliphatic carbocycles. The lowest BCUT2D eigenvalue weighted by atomic mass is 10.1. The van der Waals surface area contributed by atoms with E-state index in [0.717, 1.165) is 44.1 Å². The second-order valence-electron chi connectivity index (χ2n) is 5.24. The molecule has 0 saturated heterocycles. The lowest BCUT2D eigenvalue weighted by molar-refractivity contribution is 0.193. The maximum absolute atomic E-state index is 5.64. The molecule has 0 saturated carbocycles. The highest BCUT2D eigenvalue weighted by Crippen LogP contribution is 2.07. The molecule has 1 N–H and O–H groups in total. The molecule has 1 heterocycles. The predicted molar refractivity (Wildman–Crippen MR) is 68.2 cm³/mol. The third kappa shape index (κ3) is 6.44. The Morgan fingerprint density at radius 1 is 1.35 bits per heavy atom. The monoisotopic (exact) mass is 240 g/mol. The van der Waals surface area contributed by atoms with Crippen molar-refractivity contribution < 1.29 is 9.15 Å². The highest BCUT2D eigenvalue weighted by Gasteiger charge is 2.09. The van der Waals surface area contributed by atoms with Gasteiger partial charge in [-0.1, -0.05) is 0 Å². The number of aromatic nitrogens is 1. The van der Waals surface area contributed by atoms with Crippen molar-refractivity contribution in [3.05, 3.63) is 17.8 Å². The van der Waals surface area contributed by atoms with Crippen molar-refractivity contribution in [3.63, 3.8) is 0 Å². The molecule has 0 fully saturated rings. The number of methoxy groups -OCH3 is 1. The molecule has 0 aromatic carbocycles. The van der Waals surface area contributed by atoms with Crippen molar-refractivity contribution in [2.24, 2.45) is 0 Å². The van der Waals surface area contributed by atoms with Crippen LogP contribution in [0.15, 0.2) is 10.6 Å². The van der Waals surface area contributed by atoms with Gasteiger partial charge in [0, 0.05) is 38.6 Å². The minimum atomic E-state index is 0.147. The SMILES string of the molecule is COCCCc1cnc(CCNC(C)(C)C)o1. The molecule has 17 heavy (non-hydrogen) atoms. The number of nitrogens with one attached hydrogen (secondary N) is 1. The number of hydrogen-bond acceptors (Lipinski definition) is 4. The van der Waals surface area contributed by atoms with Crippen LogP contribution in [0.25, 0.3) is 0 Å². The second kappa shape index (κ2) is 6.77. The van der Waals surface area contributed by atoms with Crippen molar-refractivity contribution >= 4 is 0 Å². The Kier molecular flexibility index (Phi) is 5.65. The van der Waals surface area contributed by atoms with Gasteiger partial charge in [0.1, 0.15) is 5.76 Å². The molecule has 4 nitrogen and oxygen atoms in total. The maximum Gasteiger partial charge on any atom is 0.195 e. The first kappa shape index (κ1) is 14.2. The summed E-state index contributed by atoms with van der Waals surface area (Å²) in [5.74, 6) is 1.77. The summed E-state index contributed by atoms with van der Waals surface area (Å²) >= 11 is 0. The molecular formula is C13H24N2O2. The maximum atomic E-state index is 5.64. The van der Waals surface area contributed by atoms with E-state index in [4.69, 9.17) is 9.15 Å². The largest absolute Gasteiger partial charge is 0.446 e. The van der Waals surface area contributed by atoms with E-state index in [2.05, 4.69) is 31.1 Å². The van der Waals surface area contributed by atoms with Gasteiger partial charge < -0.3 is 14.5 Å². The Morgan fingerprint density at radius 3 is 2.76 bits per heavy atom. The topological polar surface area (TPSA) is 47.3 Å². The number of oxazole rings is 1. The Balaban J connectivity index is 2.26. The van der Waals surface area contributed by atoms with Crippen molar-refractivity contribution in [2.75, 3.05) is 20.3 Å². The van der Waals surface area contributed by atoms with Gasteiger partial charge in [-0.25, -0.2) is 4.98 Å². The standard InChI is InChI=1S/C13H24N2O2/c1-13(2,3)15-8-7-12-14-10-11(17-12)6-5-9-16-4/h10,15H,5-9H2,1-4H3. The summed E-state index contributed by atoms with van der Waals surface area (Å²) in [6.45, 7) is 8.11. The Hall–Kier alpha value is -0.870. The highest BCUT2D eigenvalue weighted by atomic mass is 16.5. The van der Waals surface area contributed by atoms with Crippen LogP contribution >= 0.6 is 0 Å². The normalized spacial score (nSPS) is 12.0. The van der Waals surface area contributed by atoms with Gasteiger partial charge in [-0.15, -0.1) is 0 Å². The lowest BCUT2D eigenvalue weighted by Crippen LogP contribution is -2.37. The molecule has 1 rings (SSSR count). The van der Waals surface area contributed by atoms with Crippen LogP contribution in [0, 0.1) is 0 Å². The quantitative estimate of drug-likeness (QED) is 0.742. The molecule has 0 spiro atoms. The van der Waals surface area contributed by atoms with E-state index in [-0.39, 0.29) is 5.54 Å². The molecule has 0 atom stereocenters. The summed E-state index contributed by atoms with van der Waals surface area (Å²) in [4.78, 5) is 4.27. The Bertz CT molecular complexity index is 315. The third-order valence-corrected chi connectivity index (χ3v) is 2.37. The first-order valence-corrected chi connectivity index (χ1v) is 6.19. The number of nitrogens with zero attached hydrogens (tertiary/aromatic N) is 1. The molecule has 98 valence electrons. The molecular weight excluding hydrogens is 216 g/mol. The third-order valence-electron chi connectivity index (χ3n) is 2.37. The van der Waals surface area contributed by atoms with Gasteiger partial charge in [0.2, 0.25) is 0 Å². The van der Waals surface area contributed by atoms with Gasteiger partial charge >= 0.3 is 0 Å². The second-order valence-corrected chi connectivity index (χ2v) is 5.24. The van der Waals surface area contributed by atoms with Gasteiger partial charge in [-0.05, 0) is 27.2 Å². The van der Waals surface area contributed by atoms with E-state index in [1.807, 2.05) is 6.20 Å². The van der Waals surface area contributed by atoms with Crippen LogP contribution in [0.1, 0.15) is 38.8 Å². The minimum Gasteiger partial charge on any atom is -0.446 e. The van der Waals surface area contributed by atoms with Gasteiger partial charge in [-0.2, -0.15) is 0 Å². The van der Waals surface area contributed by atoms with Crippen LogP contribution in [-0.2, 0) is 17.6 Å². The van der Waals surface area contributed by atoms with E-state index in [0.29, 0.717) is 0 Å². The number of rotatable bonds is 7. The van der Waals surface area contributed by atoms with E-state index in [1.165, 1.54) is 0 Å². The summed E-state index contributed by atoms with van der Waals surface area (Å²) in [5.41, 5.74) is 0.147. The molecule has 1 aromatic rings. The fourth-order valence-electron chi connectivity index (χ4n) is 1.51. The summed E-state index contributed by atoms with van der Waals surface area (Å²) in [6, 6.07) is 0. The van der Waals surface area contributed by atoms with Crippen LogP contribution in [0.3, 0.4) is 0 Å². The molecule has 0 aliphatic rings. The zero-order valence-corrected chi connectivity index (χ0v) is 11.4. The summed E-state index contributed by atoms with van der Waals surface area (Å²) < 4.78 is 10.6. The first-order chi connectivity index (χ1) is 8.01. The fourth-order valence-corrected chi connectivity index (χ4v) is 1.51. The van der Waals surface area contributed by atoms with Gasteiger partial charge in [-0.3, -0.25) is 0 Å². The highest BCUT2D eigenvalue weighted by molar-refractivity contribution is 4.95. The van der Waals surface area contributed by atoms with Crippen LogP contribution in [0.5, 0.6) is 0 Å². The van der Waals surface area contributed by atoms with Crippen LogP contribution in [0.2, 0.25) is 0 Å². The van der Waals surface area contributed by atoms with E-state index in [1.54, 1.807) is 7.11 Å². The molecule has 0 amide bonds. The molecule has 0 aliphatic heterocycles. The van der Waals surface area contributed by atoms with Crippen molar-refractivity contribution in [1.82, 2.24) is 10.3 Å². The molecule has 0 radical (unpaired) electrons.